The molecular weight excluding hydrogens is 172 g/mol. The highest BCUT2D eigenvalue weighted by Gasteiger charge is 2.09. The average molecular weight is 186 g/mol. The zero-order valence-corrected chi connectivity index (χ0v) is 8.07. The minimum atomic E-state index is -0.480. The Labute approximate surface area is 77.5 Å². The summed E-state index contributed by atoms with van der Waals surface area (Å²) in [5.41, 5.74) is 0. The zero-order valence-electron chi connectivity index (χ0n) is 8.07. The molecule has 1 unspecified atom stereocenters. The Hall–Kier alpha value is -1.32. The Kier molecular flexibility index (Phi) is 5.59. The fourth-order valence-electron chi connectivity index (χ4n) is 0.756. The van der Waals surface area contributed by atoms with Crippen molar-refractivity contribution in [3.05, 3.63) is 12.2 Å². The van der Waals surface area contributed by atoms with E-state index in [0.717, 1.165) is 0 Å². The molecule has 0 aromatic heterocycles. The molecule has 0 saturated heterocycles. The van der Waals surface area contributed by atoms with Crippen LogP contribution in [0, 0.1) is 0 Å². The van der Waals surface area contributed by atoms with Crippen LogP contribution in [0.25, 0.3) is 0 Å². The van der Waals surface area contributed by atoms with Gasteiger partial charge in [-0.25, -0.2) is 0 Å². The molecule has 0 aliphatic carbocycles. The molecule has 0 aliphatic heterocycles. The van der Waals surface area contributed by atoms with E-state index in [1.165, 1.54) is 13.8 Å². The van der Waals surface area contributed by atoms with E-state index in [-0.39, 0.29) is 12.6 Å². The molecule has 4 nitrogen and oxygen atoms in total. The highest BCUT2D eigenvalue weighted by atomic mass is 16.6. The molecule has 0 aromatic rings. The van der Waals surface area contributed by atoms with Crippen molar-refractivity contribution in [2.24, 2.45) is 0 Å². The number of carbonyl (C=O) groups excluding carboxylic acids is 2. The van der Waals surface area contributed by atoms with Crippen molar-refractivity contribution in [1.82, 2.24) is 0 Å². The summed E-state index contributed by atoms with van der Waals surface area (Å²) < 4.78 is 9.53. The van der Waals surface area contributed by atoms with Gasteiger partial charge in [0.25, 0.3) is 0 Å². The van der Waals surface area contributed by atoms with Crippen LogP contribution in [0.3, 0.4) is 0 Å². The molecule has 74 valence electrons. The summed E-state index contributed by atoms with van der Waals surface area (Å²) >= 11 is 0. The first-order valence-corrected chi connectivity index (χ1v) is 3.99. The SMILES string of the molecule is CC=CC(COC(C)=O)OC(C)=O. The lowest BCUT2D eigenvalue weighted by atomic mass is 10.3. The Morgan fingerprint density at radius 1 is 1.31 bits per heavy atom. The largest absolute Gasteiger partial charge is 0.462 e. The summed E-state index contributed by atoms with van der Waals surface area (Å²) in [5.74, 6) is -0.781. The van der Waals surface area contributed by atoms with Crippen LogP contribution in [0.5, 0.6) is 0 Å². The van der Waals surface area contributed by atoms with E-state index in [1.54, 1.807) is 19.1 Å². The summed E-state index contributed by atoms with van der Waals surface area (Å²) in [6, 6.07) is 0. The Morgan fingerprint density at radius 3 is 2.31 bits per heavy atom. The average Bonchev–Trinajstić information content (AvgIpc) is 1.99. The molecule has 0 saturated carbocycles. The lowest BCUT2D eigenvalue weighted by molar-refractivity contribution is -0.153. The first kappa shape index (κ1) is 11.7. The second-order valence-corrected chi connectivity index (χ2v) is 2.48. The van der Waals surface area contributed by atoms with Gasteiger partial charge in [-0.2, -0.15) is 0 Å². The summed E-state index contributed by atoms with van der Waals surface area (Å²) in [5, 5.41) is 0. The van der Waals surface area contributed by atoms with Gasteiger partial charge in [0, 0.05) is 13.8 Å². The molecule has 0 aliphatic rings. The third kappa shape index (κ3) is 7.05. The molecule has 0 rings (SSSR count). The quantitative estimate of drug-likeness (QED) is 0.486. The molecule has 13 heavy (non-hydrogen) atoms. The van der Waals surface area contributed by atoms with Gasteiger partial charge in [0.2, 0.25) is 0 Å². The molecule has 0 heterocycles. The first-order valence-electron chi connectivity index (χ1n) is 3.99. The van der Waals surface area contributed by atoms with Gasteiger partial charge in [-0.1, -0.05) is 6.08 Å². The number of ether oxygens (including phenoxy) is 2. The summed E-state index contributed by atoms with van der Waals surface area (Å²) in [6.07, 6.45) is 2.91. The van der Waals surface area contributed by atoms with Gasteiger partial charge in [0.1, 0.15) is 6.61 Å². The second kappa shape index (κ2) is 6.22. The molecule has 0 amide bonds. The van der Waals surface area contributed by atoms with Gasteiger partial charge in [-0.05, 0) is 13.0 Å². The fourth-order valence-corrected chi connectivity index (χ4v) is 0.756. The minimum absolute atomic E-state index is 0.0687. The minimum Gasteiger partial charge on any atom is -0.462 e. The van der Waals surface area contributed by atoms with Crippen LogP contribution in [0.1, 0.15) is 20.8 Å². The fraction of sp³-hybridized carbons (Fsp3) is 0.556. The van der Waals surface area contributed by atoms with Crippen LogP contribution in [-0.2, 0) is 19.1 Å². The van der Waals surface area contributed by atoms with E-state index in [0.29, 0.717) is 0 Å². The molecule has 0 spiro atoms. The molecular formula is C9H14O4. The second-order valence-electron chi connectivity index (χ2n) is 2.48. The van der Waals surface area contributed by atoms with Gasteiger partial charge >= 0.3 is 11.9 Å². The normalized spacial score (nSPS) is 12.5. The van der Waals surface area contributed by atoms with Crippen molar-refractivity contribution in [2.45, 2.75) is 26.9 Å². The van der Waals surface area contributed by atoms with E-state index in [4.69, 9.17) is 9.47 Å². The van der Waals surface area contributed by atoms with Gasteiger partial charge in [0.15, 0.2) is 6.10 Å². The van der Waals surface area contributed by atoms with Crippen molar-refractivity contribution < 1.29 is 19.1 Å². The maximum absolute atomic E-state index is 10.6. The number of esters is 2. The number of rotatable bonds is 4. The van der Waals surface area contributed by atoms with Gasteiger partial charge in [0.05, 0.1) is 0 Å². The van der Waals surface area contributed by atoms with Gasteiger partial charge < -0.3 is 9.47 Å². The Balaban J connectivity index is 3.94. The summed E-state index contributed by atoms with van der Waals surface area (Å²) in [4.78, 5) is 21.0. The lowest BCUT2D eigenvalue weighted by Gasteiger charge is -2.12. The monoisotopic (exact) mass is 186 g/mol. The van der Waals surface area contributed by atoms with E-state index in [9.17, 15) is 9.59 Å². The molecule has 0 bridgehead atoms. The van der Waals surface area contributed by atoms with Crippen molar-refractivity contribution in [2.75, 3.05) is 6.61 Å². The predicted octanol–water partition coefficient (Wildman–Crippen LogP) is 1.06. The third-order valence-corrected chi connectivity index (χ3v) is 1.18. The highest BCUT2D eigenvalue weighted by molar-refractivity contribution is 5.67. The standard InChI is InChI=1S/C9H14O4/c1-4-5-9(13-8(3)11)6-12-7(2)10/h4-5,9H,6H2,1-3H3. The van der Waals surface area contributed by atoms with Crippen LogP contribution >= 0.6 is 0 Å². The Morgan fingerprint density at radius 2 is 1.92 bits per heavy atom. The zero-order chi connectivity index (χ0) is 10.3. The van der Waals surface area contributed by atoms with Crippen molar-refractivity contribution >= 4 is 11.9 Å². The van der Waals surface area contributed by atoms with Crippen LogP contribution in [0.2, 0.25) is 0 Å². The topological polar surface area (TPSA) is 52.6 Å². The molecule has 0 aromatic carbocycles. The van der Waals surface area contributed by atoms with Gasteiger partial charge in [-0.15, -0.1) is 0 Å². The van der Waals surface area contributed by atoms with Crippen molar-refractivity contribution in [3.63, 3.8) is 0 Å². The smallest absolute Gasteiger partial charge is 0.303 e. The molecule has 0 radical (unpaired) electrons. The maximum atomic E-state index is 10.6. The Bertz CT molecular complexity index is 208. The molecule has 4 heteroatoms. The van der Waals surface area contributed by atoms with E-state index >= 15 is 0 Å². The van der Waals surface area contributed by atoms with Gasteiger partial charge in [-0.3, -0.25) is 9.59 Å². The summed E-state index contributed by atoms with van der Waals surface area (Å²) in [6.45, 7) is 4.48. The number of allylic oxidation sites excluding steroid dienone is 1. The molecule has 1 atom stereocenters. The van der Waals surface area contributed by atoms with Crippen molar-refractivity contribution in [3.8, 4) is 0 Å². The molecule has 0 fully saturated rings. The van der Waals surface area contributed by atoms with E-state index in [1.807, 2.05) is 0 Å². The van der Waals surface area contributed by atoms with Crippen LogP contribution < -0.4 is 0 Å². The lowest BCUT2D eigenvalue weighted by Crippen LogP contribution is -2.21. The maximum Gasteiger partial charge on any atom is 0.303 e. The van der Waals surface area contributed by atoms with Crippen molar-refractivity contribution in [1.29, 1.82) is 0 Å². The van der Waals surface area contributed by atoms with E-state index in [2.05, 4.69) is 0 Å². The predicted molar refractivity (Wildman–Crippen MR) is 47.0 cm³/mol. The van der Waals surface area contributed by atoms with Crippen LogP contribution in [0.15, 0.2) is 12.2 Å². The van der Waals surface area contributed by atoms with Crippen LogP contribution in [-0.4, -0.2) is 24.6 Å². The first-order chi connectivity index (χ1) is 6.06. The number of hydrogen-bond donors (Lipinski definition) is 0. The highest BCUT2D eigenvalue weighted by Crippen LogP contribution is 1.97. The molecule has 0 N–H and O–H groups in total. The summed E-state index contributed by atoms with van der Waals surface area (Å²) in [7, 11) is 0. The number of carbonyl (C=O) groups is 2. The number of hydrogen-bond acceptors (Lipinski definition) is 4. The third-order valence-electron chi connectivity index (χ3n) is 1.18. The van der Waals surface area contributed by atoms with Crippen LogP contribution in [0.4, 0.5) is 0 Å². The van der Waals surface area contributed by atoms with E-state index < -0.39 is 12.1 Å².